The van der Waals surface area contributed by atoms with Crippen molar-refractivity contribution in [2.24, 2.45) is 0 Å². The van der Waals surface area contributed by atoms with E-state index in [-0.39, 0.29) is 5.75 Å². The lowest BCUT2D eigenvalue weighted by Gasteiger charge is -2.06. The van der Waals surface area contributed by atoms with E-state index in [1.54, 1.807) is 12.1 Å². The predicted molar refractivity (Wildman–Crippen MR) is 51.2 cm³/mol. The van der Waals surface area contributed by atoms with Gasteiger partial charge in [-0.15, -0.1) is 0 Å². The zero-order chi connectivity index (χ0) is 9.68. The number of unbranched alkanes of at least 4 members (excludes halogenated alkanes) is 1. The monoisotopic (exact) mass is 183 g/mol. The minimum atomic E-state index is -0.392. The molecule has 2 N–H and O–H groups in total. The summed E-state index contributed by atoms with van der Waals surface area (Å²) in [6, 6.07) is 4.45. The molecule has 3 heteroatoms. The predicted octanol–water partition coefficient (Wildman–Crippen LogP) is 2.59. The van der Waals surface area contributed by atoms with Gasteiger partial charge in [0.1, 0.15) is 0 Å². The molecule has 0 fully saturated rings. The molecule has 0 radical (unpaired) electrons. The van der Waals surface area contributed by atoms with Gasteiger partial charge in [-0.1, -0.05) is 13.3 Å². The van der Waals surface area contributed by atoms with E-state index in [0.29, 0.717) is 12.3 Å². The first-order valence-corrected chi connectivity index (χ1v) is 4.42. The number of rotatable bonds is 4. The van der Waals surface area contributed by atoms with Crippen LogP contribution in [0.4, 0.5) is 10.1 Å². The normalized spacial score (nSPS) is 10.0. The molecule has 0 aromatic heterocycles. The van der Waals surface area contributed by atoms with Crippen molar-refractivity contribution < 1.29 is 9.13 Å². The summed E-state index contributed by atoms with van der Waals surface area (Å²) in [5.41, 5.74) is 5.80. The van der Waals surface area contributed by atoms with Crippen molar-refractivity contribution in [3.63, 3.8) is 0 Å². The summed E-state index contributed by atoms with van der Waals surface area (Å²) in [6.07, 6.45) is 1.97. The van der Waals surface area contributed by atoms with Crippen molar-refractivity contribution in [2.75, 3.05) is 12.3 Å². The third-order valence-corrected chi connectivity index (χ3v) is 1.71. The van der Waals surface area contributed by atoms with Crippen LogP contribution >= 0.6 is 0 Å². The van der Waals surface area contributed by atoms with E-state index in [0.717, 1.165) is 12.8 Å². The average Bonchev–Trinajstić information content (AvgIpc) is 2.09. The molecular formula is C10H14FNO. The second kappa shape index (κ2) is 4.70. The van der Waals surface area contributed by atoms with E-state index in [9.17, 15) is 4.39 Å². The molecule has 72 valence electrons. The molecule has 2 nitrogen and oxygen atoms in total. The maximum absolute atomic E-state index is 13.1. The number of ether oxygens (including phenoxy) is 1. The lowest BCUT2D eigenvalue weighted by Crippen LogP contribution is -1.99. The lowest BCUT2D eigenvalue weighted by atomic mass is 10.3. The fraction of sp³-hybridized carbons (Fsp3) is 0.400. The lowest BCUT2D eigenvalue weighted by molar-refractivity contribution is 0.294. The van der Waals surface area contributed by atoms with Crippen LogP contribution < -0.4 is 10.5 Å². The molecule has 0 spiro atoms. The first-order valence-electron chi connectivity index (χ1n) is 4.42. The zero-order valence-electron chi connectivity index (χ0n) is 7.72. The van der Waals surface area contributed by atoms with Crippen LogP contribution in [0.25, 0.3) is 0 Å². The second-order valence-corrected chi connectivity index (χ2v) is 2.89. The first kappa shape index (κ1) is 9.84. The van der Waals surface area contributed by atoms with Gasteiger partial charge in [-0.25, -0.2) is 4.39 Å². The van der Waals surface area contributed by atoms with Gasteiger partial charge in [-0.05, 0) is 18.6 Å². The summed E-state index contributed by atoms with van der Waals surface area (Å²) in [5.74, 6) is -0.112. The summed E-state index contributed by atoms with van der Waals surface area (Å²) < 4.78 is 18.3. The average molecular weight is 183 g/mol. The molecule has 0 heterocycles. The number of hydrogen-bond donors (Lipinski definition) is 1. The third kappa shape index (κ3) is 2.93. The van der Waals surface area contributed by atoms with Gasteiger partial charge in [0.25, 0.3) is 0 Å². The largest absolute Gasteiger partial charge is 0.491 e. The highest BCUT2D eigenvalue weighted by molar-refractivity contribution is 5.42. The smallest absolute Gasteiger partial charge is 0.167 e. The van der Waals surface area contributed by atoms with Crippen LogP contribution in [0.15, 0.2) is 18.2 Å². The number of nitrogens with two attached hydrogens (primary N) is 1. The molecule has 0 aliphatic carbocycles. The van der Waals surface area contributed by atoms with Crippen LogP contribution in [0.1, 0.15) is 19.8 Å². The Kier molecular flexibility index (Phi) is 3.55. The Labute approximate surface area is 77.5 Å². The fourth-order valence-electron chi connectivity index (χ4n) is 0.961. The van der Waals surface area contributed by atoms with Crippen molar-refractivity contribution in [3.05, 3.63) is 24.0 Å². The van der Waals surface area contributed by atoms with Gasteiger partial charge in [-0.2, -0.15) is 0 Å². The van der Waals surface area contributed by atoms with E-state index in [1.165, 1.54) is 6.07 Å². The number of nitrogen functional groups attached to an aromatic ring is 1. The van der Waals surface area contributed by atoms with E-state index < -0.39 is 5.82 Å². The SMILES string of the molecule is CCCCOc1ccc(N)cc1F. The molecule has 13 heavy (non-hydrogen) atoms. The molecule has 0 aliphatic rings. The number of benzene rings is 1. The van der Waals surface area contributed by atoms with Gasteiger partial charge >= 0.3 is 0 Å². The van der Waals surface area contributed by atoms with Gasteiger partial charge in [0.15, 0.2) is 11.6 Å². The van der Waals surface area contributed by atoms with Gasteiger partial charge in [-0.3, -0.25) is 0 Å². The first-order chi connectivity index (χ1) is 6.24. The van der Waals surface area contributed by atoms with Gasteiger partial charge < -0.3 is 10.5 Å². The Morgan fingerprint density at radius 2 is 2.23 bits per heavy atom. The Balaban J connectivity index is 2.56. The van der Waals surface area contributed by atoms with Crippen molar-refractivity contribution in [2.45, 2.75) is 19.8 Å². The highest BCUT2D eigenvalue weighted by atomic mass is 19.1. The Bertz CT molecular complexity index is 276. The second-order valence-electron chi connectivity index (χ2n) is 2.89. The zero-order valence-corrected chi connectivity index (χ0v) is 7.72. The standard InChI is InChI=1S/C10H14FNO/c1-2-3-6-13-10-5-4-8(12)7-9(10)11/h4-5,7H,2-3,6,12H2,1H3. The van der Waals surface area contributed by atoms with Crippen LogP contribution in [-0.4, -0.2) is 6.61 Å². The van der Waals surface area contributed by atoms with E-state index in [2.05, 4.69) is 6.92 Å². The number of anilines is 1. The van der Waals surface area contributed by atoms with Crippen LogP contribution in [0.5, 0.6) is 5.75 Å². The molecule has 0 saturated heterocycles. The molecule has 0 amide bonds. The summed E-state index contributed by atoms with van der Waals surface area (Å²) in [6.45, 7) is 2.61. The maximum Gasteiger partial charge on any atom is 0.167 e. The topological polar surface area (TPSA) is 35.2 Å². The Morgan fingerprint density at radius 1 is 1.46 bits per heavy atom. The van der Waals surface area contributed by atoms with E-state index >= 15 is 0 Å². The van der Waals surface area contributed by atoms with Crippen LogP contribution in [0.2, 0.25) is 0 Å². The summed E-state index contributed by atoms with van der Waals surface area (Å²) in [5, 5.41) is 0. The van der Waals surface area contributed by atoms with Crippen molar-refractivity contribution in [3.8, 4) is 5.75 Å². The Hall–Kier alpha value is -1.25. The van der Waals surface area contributed by atoms with E-state index in [4.69, 9.17) is 10.5 Å². The van der Waals surface area contributed by atoms with Crippen molar-refractivity contribution in [1.29, 1.82) is 0 Å². The van der Waals surface area contributed by atoms with Gasteiger partial charge in [0.05, 0.1) is 6.61 Å². The van der Waals surface area contributed by atoms with E-state index in [1.807, 2.05) is 0 Å². The molecular weight excluding hydrogens is 169 g/mol. The minimum Gasteiger partial charge on any atom is -0.491 e. The number of halogens is 1. The maximum atomic E-state index is 13.1. The molecule has 0 unspecified atom stereocenters. The molecule has 1 aromatic rings. The van der Waals surface area contributed by atoms with Crippen LogP contribution in [-0.2, 0) is 0 Å². The summed E-state index contributed by atoms with van der Waals surface area (Å²) in [4.78, 5) is 0. The van der Waals surface area contributed by atoms with Gasteiger partial charge in [0.2, 0.25) is 0 Å². The van der Waals surface area contributed by atoms with Crippen LogP contribution in [0.3, 0.4) is 0 Å². The quantitative estimate of drug-likeness (QED) is 0.575. The minimum absolute atomic E-state index is 0.280. The molecule has 1 rings (SSSR count). The third-order valence-electron chi connectivity index (χ3n) is 1.71. The molecule has 0 aliphatic heterocycles. The molecule has 0 atom stereocenters. The molecule has 0 bridgehead atoms. The summed E-state index contributed by atoms with van der Waals surface area (Å²) in [7, 11) is 0. The Morgan fingerprint density at radius 3 is 2.85 bits per heavy atom. The van der Waals surface area contributed by atoms with Crippen molar-refractivity contribution in [1.82, 2.24) is 0 Å². The number of hydrogen-bond acceptors (Lipinski definition) is 2. The fourth-order valence-corrected chi connectivity index (χ4v) is 0.961. The van der Waals surface area contributed by atoms with Crippen LogP contribution in [0, 0.1) is 5.82 Å². The highest BCUT2D eigenvalue weighted by Gasteiger charge is 2.02. The highest BCUT2D eigenvalue weighted by Crippen LogP contribution is 2.19. The van der Waals surface area contributed by atoms with Crippen molar-refractivity contribution >= 4 is 5.69 Å². The summed E-state index contributed by atoms with van der Waals surface area (Å²) >= 11 is 0. The molecule has 1 aromatic carbocycles. The van der Waals surface area contributed by atoms with Gasteiger partial charge in [0, 0.05) is 11.8 Å². The molecule has 0 saturated carbocycles.